The minimum absolute atomic E-state index is 0.134. The summed E-state index contributed by atoms with van der Waals surface area (Å²) in [7, 11) is 0. The molecule has 0 radical (unpaired) electrons. The molecule has 1 unspecified atom stereocenters. The number of benzene rings is 2. The zero-order chi connectivity index (χ0) is 19.2. The summed E-state index contributed by atoms with van der Waals surface area (Å²) in [6.45, 7) is 1.56. The number of rotatable bonds is 7. The van der Waals surface area contributed by atoms with Gasteiger partial charge >= 0.3 is 5.97 Å². The smallest absolute Gasteiger partial charge is 0.341 e. The van der Waals surface area contributed by atoms with E-state index in [0.717, 1.165) is 36.2 Å². The van der Waals surface area contributed by atoms with Gasteiger partial charge in [0.25, 0.3) is 0 Å². The van der Waals surface area contributed by atoms with E-state index in [2.05, 4.69) is 10.6 Å². The summed E-state index contributed by atoms with van der Waals surface area (Å²) in [6.07, 6.45) is 0.117. The Kier molecular flexibility index (Phi) is 6.68. The molecule has 0 bridgehead atoms. The zero-order valence-corrected chi connectivity index (χ0v) is 15.6. The topological polar surface area (TPSA) is 90.8 Å². The number of halogens is 1. The Morgan fingerprint density at radius 3 is 2.93 bits per heavy atom. The largest absolute Gasteiger partial charge is 0.482 e. The SMILES string of the molecule is O=C(O)COc1ccc2c(c1)CC(NC[C@H](O)c1cccc(Cl)c1)CNC2. The highest BCUT2D eigenvalue weighted by atomic mass is 35.5. The van der Waals surface area contributed by atoms with Gasteiger partial charge in [-0.05, 0) is 47.4 Å². The third kappa shape index (κ3) is 5.68. The molecular weight excluding hydrogens is 368 g/mol. The van der Waals surface area contributed by atoms with Crippen molar-refractivity contribution in [3.8, 4) is 5.75 Å². The Morgan fingerprint density at radius 1 is 1.30 bits per heavy atom. The molecule has 144 valence electrons. The molecule has 1 heterocycles. The van der Waals surface area contributed by atoms with E-state index in [0.29, 0.717) is 17.3 Å². The summed E-state index contributed by atoms with van der Waals surface area (Å²) in [5.74, 6) is -0.447. The Bertz CT molecular complexity index is 799. The van der Waals surface area contributed by atoms with Crippen molar-refractivity contribution in [2.24, 2.45) is 0 Å². The molecule has 0 spiro atoms. The quantitative estimate of drug-likeness (QED) is 0.579. The minimum Gasteiger partial charge on any atom is -0.482 e. The van der Waals surface area contributed by atoms with Gasteiger partial charge in [-0.15, -0.1) is 0 Å². The van der Waals surface area contributed by atoms with Gasteiger partial charge in [0.15, 0.2) is 6.61 Å². The van der Waals surface area contributed by atoms with Gasteiger partial charge < -0.3 is 25.6 Å². The first-order valence-corrected chi connectivity index (χ1v) is 9.23. The maximum absolute atomic E-state index is 10.7. The van der Waals surface area contributed by atoms with Crippen LogP contribution in [-0.4, -0.2) is 41.9 Å². The predicted molar refractivity (Wildman–Crippen MR) is 103 cm³/mol. The minimum atomic E-state index is -0.999. The number of nitrogens with one attached hydrogen (secondary N) is 2. The van der Waals surface area contributed by atoms with Crippen LogP contribution < -0.4 is 15.4 Å². The number of fused-ring (bicyclic) bond motifs is 1. The molecule has 3 rings (SSSR count). The summed E-state index contributed by atoms with van der Waals surface area (Å²) < 4.78 is 5.28. The third-order valence-corrected chi connectivity index (χ3v) is 4.78. The van der Waals surface area contributed by atoms with Gasteiger partial charge in [0, 0.05) is 30.7 Å². The average Bonchev–Trinajstić information content (AvgIpc) is 2.85. The maximum Gasteiger partial charge on any atom is 0.341 e. The second-order valence-corrected chi connectivity index (χ2v) is 7.06. The van der Waals surface area contributed by atoms with Crippen LogP contribution in [0.15, 0.2) is 42.5 Å². The van der Waals surface area contributed by atoms with Gasteiger partial charge in [0.05, 0.1) is 6.10 Å². The number of carboxylic acids is 1. The summed E-state index contributed by atoms with van der Waals surface area (Å²) in [4.78, 5) is 10.7. The van der Waals surface area contributed by atoms with E-state index in [1.807, 2.05) is 24.3 Å². The van der Waals surface area contributed by atoms with Gasteiger partial charge in [-0.2, -0.15) is 0 Å². The molecule has 4 N–H and O–H groups in total. The molecule has 0 aromatic heterocycles. The lowest BCUT2D eigenvalue weighted by molar-refractivity contribution is -0.139. The van der Waals surface area contributed by atoms with Crippen molar-refractivity contribution in [2.75, 3.05) is 19.7 Å². The molecule has 1 aliphatic heterocycles. The molecule has 0 aliphatic carbocycles. The van der Waals surface area contributed by atoms with Crippen molar-refractivity contribution in [2.45, 2.75) is 25.1 Å². The van der Waals surface area contributed by atoms with Crippen molar-refractivity contribution in [1.82, 2.24) is 10.6 Å². The van der Waals surface area contributed by atoms with Crippen LogP contribution in [0.3, 0.4) is 0 Å². The second-order valence-electron chi connectivity index (χ2n) is 6.62. The lowest BCUT2D eigenvalue weighted by Gasteiger charge is -2.20. The number of ether oxygens (including phenoxy) is 1. The molecule has 2 atom stereocenters. The fourth-order valence-corrected chi connectivity index (χ4v) is 3.37. The normalized spacial score (nSPS) is 17.6. The van der Waals surface area contributed by atoms with E-state index in [1.54, 1.807) is 18.2 Å². The predicted octanol–water partition coefficient (Wildman–Crippen LogP) is 2.14. The summed E-state index contributed by atoms with van der Waals surface area (Å²) in [5.41, 5.74) is 3.05. The lowest BCUT2D eigenvalue weighted by Crippen LogP contribution is -2.40. The highest BCUT2D eigenvalue weighted by Gasteiger charge is 2.18. The number of carboxylic acid groups (broad SMARTS) is 1. The van der Waals surface area contributed by atoms with Crippen LogP contribution in [0.1, 0.15) is 22.8 Å². The second kappa shape index (κ2) is 9.19. The Balaban J connectivity index is 1.61. The lowest BCUT2D eigenvalue weighted by atomic mass is 10.0. The zero-order valence-electron chi connectivity index (χ0n) is 14.8. The van der Waals surface area contributed by atoms with Crippen molar-refractivity contribution >= 4 is 17.6 Å². The molecule has 0 saturated carbocycles. The standard InChI is InChI=1S/C20H23ClN2O4/c21-16-3-1-2-13(6-16)19(24)11-23-17-7-15-8-18(27-12-20(25)26)5-4-14(15)9-22-10-17/h1-6,8,17,19,22-24H,7,9-12H2,(H,25,26)/t17?,19-/m0/s1. The summed E-state index contributed by atoms with van der Waals surface area (Å²) in [6, 6.07) is 13.0. The number of aliphatic hydroxyl groups is 1. The molecule has 2 aromatic carbocycles. The number of hydrogen-bond donors (Lipinski definition) is 4. The van der Waals surface area contributed by atoms with Gasteiger partial charge in [0.1, 0.15) is 5.75 Å². The van der Waals surface area contributed by atoms with E-state index in [4.69, 9.17) is 21.4 Å². The first kappa shape index (κ1) is 19.6. The first-order valence-electron chi connectivity index (χ1n) is 8.85. The van der Waals surface area contributed by atoms with Gasteiger partial charge in [-0.1, -0.05) is 29.8 Å². The van der Waals surface area contributed by atoms with Crippen molar-refractivity contribution in [3.05, 3.63) is 64.2 Å². The summed E-state index contributed by atoms with van der Waals surface area (Å²) in [5, 5.41) is 26.5. The van der Waals surface area contributed by atoms with Crippen LogP contribution >= 0.6 is 11.6 Å². The van der Waals surface area contributed by atoms with Crippen LogP contribution in [0.5, 0.6) is 5.75 Å². The molecular formula is C20H23ClN2O4. The molecule has 0 saturated heterocycles. The third-order valence-electron chi connectivity index (χ3n) is 4.55. The van der Waals surface area contributed by atoms with E-state index in [9.17, 15) is 9.90 Å². The van der Waals surface area contributed by atoms with E-state index in [1.165, 1.54) is 0 Å². The van der Waals surface area contributed by atoms with E-state index in [-0.39, 0.29) is 12.6 Å². The highest BCUT2D eigenvalue weighted by Crippen LogP contribution is 2.22. The molecule has 0 amide bonds. The van der Waals surface area contributed by atoms with Gasteiger partial charge in [0.2, 0.25) is 0 Å². The summed E-state index contributed by atoms with van der Waals surface area (Å²) >= 11 is 5.99. The van der Waals surface area contributed by atoms with Crippen LogP contribution in [0.25, 0.3) is 0 Å². The van der Waals surface area contributed by atoms with E-state index < -0.39 is 12.1 Å². The van der Waals surface area contributed by atoms with Gasteiger partial charge in [-0.25, -0.2) is 4.79 Å². The fraction of sp³-hybridized carbons (Fsp3) is 0.350. The van der Waals surface area contributed by atoms with Crippen LogP contribution in [-0.2, 0) is 17.8 Å². The number of aliphatic hydroxyl groups excluding tert-OH is 1. The van der Waals surface area contributed by atoms with Crippen molar-refractivity contribution in [1.29, 1.82) is 0 Å². The monoisotopic (exact) mass is 390 g/mol. The van der Waals surface area contributed by atoms with Crippen LogP contribution in [0.2, 0.25) is 5.02 Å². The molecule has 6 nitrogen and oxygen atoms in total. The molecule has 7 heteroatoms. The Hall–Kier alpha value is -2.12. The molecule has 2 aromatic rings. The van der Waals surface area contributed by atoms with Crippen molar-refractivity contribution < 1.29 is 19.7 Å². The van der Waals surface area contributed by atoms with Gasteiger partial charge in [-0.3, -0.25) is 0 Å². The van der Waals surface area contributed by atoms with E-state index >= 15 is 0 Å². The average molecular weight is 391 g/mol. The molecule has 1 aliphatic rings. The fourth-order valence-electron chi connectivity index (χ4n) is 3.17. The molecule has 0 fully saturated rings. The highest BCUT2D eigenvalue weighted by molar-refractivity contribution is 6.30. The number of aliphatic carboxylic acids is 1. The van der Waals surface area contributed by atoms with Crippen LogP contribution in [0.4, 0.5) is 0 Å². The Labute approximate surface area is 163 Å². The Morgan fingerprint density at radius 2 is 2.15 bits per heavy atom. The van der Waals surface area contributed by atoms with Crippen molar-refractivity contribution in [3.63, 3.8) is 0 Å². The first-order chi connectivity index (χ1) is 13.0. The number of carbonyl (C=O) groups is 1. The molecule has 27 heavy (non-hydrogen) atoms. The maximum atomic E-state index is 10.7. The number of hydrogen-bond acceptors (Lipinski definition) is 5. The van der Waals surface area contributed by atoms with Crippen LogP contribution in [0, 0.1) is 0 Å².